The predicted molar refractivity (Wildman–Crippen MR) is 121 cm³/mol. The van der Waals surface area contributed by atoms with Crippen LogP contribution in [0.2, 0.25) is 5.02 Å². The summed E-state index contributed by atoms with van der Waals surface area (Å²) in [6, 6.07) is 17.4. The molecule has 0 saturated heterocycles. The number of rotatable bonds is 8. The Labute approximate surface area is 187 Å². The minimum absolute atomic E-state index is 0.213. The van der Waals surface area contributed by atoms with Gasteiger partial charge in [0.15, 0.2) is 11.5 Å². The lowest BCUT2D eigenvalue weighted by molar-refractivity contribution is 0.0697. The lowest BCUT2D eigenvalue weighted by Crippen LogP contribution is -2.00. The number of aromatic carboxylic acids is 1. The third kappa shape index (κ3) is 5.52. The van der Waals surface area contributed by atoms with E-state index < -0.39 is 5.97 Å². The molecule has 8 heteroatoms. The van der Waals surface area contributed by atoms with Gasteiger partial charge < -0.3 is 14.6 Å². The Morgan fingerprint density at radius 3 is 2.60 bits per heavy atom. The Bertz CT molecular complexity index is 1070. The number of benzene rings is 3. The van der Waals surface area contributed by atoms with E-state index in [0.717, 1.165) is 11.1 Å². The van der Waals surface area contributed by atoms with Gasteiger partial charge in [-0.1, -0.05) is 29.8 Å². The summed E-state index contributed by atoms with van der Waals surface area (Å²) >= 11 is 9.70. The molecule has 30 heavy (non-hydrogen) atoms. The van der Waals surface area contributed by atoms with Crippen LogP contribution in [0.3, 0.4) is 0 Å². The number of hydrogen-bond acceptors (Lipinski definition) is 5. The molecule has 2 N–H and O–H groups in total. The lowest BCUT2D eigenvalue weighted by Gasteiger charge is -2.14. The second-order valence-electron chi connectivity index (χ2n) is 6.17. The molecule has 3 rings (SSSR count). The molecule has 3 aromatic rings. The highest BCUT2D eigenvalue weighted by Gasteiger charge is 2.12. The van der Waals surface area contributed by atoms with Crippen LogP contribution >= 0.6 is 27.5 Å². The zero-order chi connectivity index (χ0) is 21.5. The first-order valence-corrected chi connectivity index (χ1v) is 10.0. The van der Waals surface area contributed by atoms with Crippen LogP contribution < -0.4 is 14.9 Å². The molecular formula is C22H18BrClN2O4. The molecule has 0 aliphatic rings. The smallest absolute Gasteiger partial charge is 0.335 e. The van der Waals surface area contributed by atoms with E-state index in [4.69, 9.17) is 26.2 Å². The number of ether oxygens (including phenoxy) is 2. The van der Waals surface area contributed by atoms with E-state index in [1.165, 1.54) is 12.1 Å². The van der Waals surface area contributed by atoms with Crippen molar-refractivity contribution >= 4 is 45.4 Å². The molecule has 3 aromatic carbocycles. The van der Waals surface area contributed by atoms with Crippen molar-refractivity contribution in [2.75, 3.05) is 12.5 Å². The van der Waals surface area contributed by atoms with Crippen LogP contribution in [0.15, 0.2) is 70.2 Å². The summed E-state index contributed by atoms with van der Waals surface area (Å²) in [5, 5.41) is 13.8. The number of nitrogens with zero attached hydrogens (tertiary/aromatic N) is 1. The van der Waals surface area contributed by atoms with Gasteiger partial charge in [-0.25, -0.2) is 4.79 Å². The second-order valence-corrected chi connectivity index (χ2v) is 7.43. The molecule has 6 nitrogen and oxygen atoms in total. The maximum absolute atomic E-state index is 10.9. The molecule has 154 valence electrons. The molecule has 0 spiro atoms. The summed E-state index contributed by atoms with van der Waals surface area (Å²) in [4.78, 5) is 10.9. The van der Waals surface area contributed by atoms with Gasteiger partial charge >= 0.3 is 5.97 Å². The summed E-state index contributed by atoms with van der Waals surface area (Å²) in [6.45, 7) is 0.302. The Hall–Kier alpha value is -3.03. The highest BCUT2D eigenvalue weighted by Crippen LogP contribution is 2.37. The Kier molecular flexibility index (Phi) is 7.32. The Balaban J connectivity index is 1.70. The topological polar surface area (TPSA) is 80.2 Å². The van der Waals surface area contributed by atoms with Gasteiger partial charge in [0.1, 0.15) is 6.61 Å². The van der Waals surface area contributed by atoms with E-state index in [2.05, 4.69) is 26.5 Å². The van der Waals surface area contributed by atoms with Crippen LogP contribution in [-0.2, 0) is 6.61 Å². The molecule has 0 fully saturated rings. The monoisotopic (exact) mass is 488 g/mol. The molecule has 0 saturated carbocycles. The fourth-order valence-electron chi connectivity index (χ4n) is 2.59. The molecule has 0 amide bonds. The van der Waals surface area contributed by atoms with Crippen molar-refractivity contribution in [3.8, 4) is 11.5 Å². The molecule has 0 bridgehead atoms. The van der Waals surface area contributed by atoms with Crippen molar-refractivity contribution in [3.05, 3.63) is 86.8 Å². The molecular weight excluding hydrogens is 472 g/mol. The Morgan fingerprint density at radius 2 is 1.93 bits per heavy atom. The van der Waals surface area contributed by atoms with Crippen LogP contribution in [0.1, 0.15) is 21.5 Å². The van der Waals surface area contributed by atoms with Crippen molar-refractivity contribution in [3.63, 3.8) is 0 Å². The summed E-state index contributed by atoms with van der Waals surface area (Å²) in [6.07, 6.45) is 1.62. The van der Waals surface area contributed by atoms with E-state index in [9.17, 15) is 4.79 Å². The average molecular weight is 490 g/mol. The summed E-state index contributed by atoms with van der Waals surface area (Å²) in [5.74, 6) is 0.134. The van der Waals surface area contributed by atoms with Gasteiger partial charge in [-0.05, 0) is 64.0 Å². The Morgan fingerprint density at radius 1 is 1.20 bits per heavy atom. The van der Waals surface area contributed by atoms with Gasteiger partial charge in [-0.15, -0.1) is 0 Å². The van der Waals surface area contributed by atoms with E-state index >= 15 is 0 Å². The van der Waals surface area contributed by atoms with Crippen LogP contribution in [0.5, 0.6) is 11.5 Å². The molecule has 0 radical (unpaired) electrons. The van der Waals surface area contributed by atoms with E-state index in [-0.39, 0.29) is 5.56 Å². The van der Waals surface area contributed by atoms with E-state index in [1.54, 1.807) is 31.5 Å². The standard InChI is InChI=1S/C22H18BrClN2O4/c1-29-20-11-14(12-25-26-17-8-6-15(7-9-17)22(27)28)10-18(23)21(20)30-13-16-4-2-3-5-19(16)24/h2-12,26H,13H2,1H3,(H,27,28). The number of anilines is 1. The van der Waals surface area contributed by atoms with Crippen molar-refractivity contribution in [2.24, 2.45) is 5.10 Å². The minimum atomic E-state index is -0.973. The maximum Gasteiger partial charge on any atom is 0.335 e. The third-order valence-corrected chi connectivity index (χ3v) is 5.08. The third-order valence-electron chi connectivity index (χ3n) is 4.12. The van der Waals surface area contributed by atoms with Crippen LogP contribution in [-0.4, -0.2) is 24.4 Å². The fourth-order valence-corrected chi connectivity index (χ4v) is 3.35. The average Bonchev–Trinajstić information content (AvgIpc) is 2.74. The molecule has 0 aromatic heterocycles. The number of carboxylic acid groups (broad SMARTS) is 1. The molecule has 0 aliphatic carbocycles. The van der Waals surface area contributed by atoms with Crippen molar-refractivity contribution in [1.29, 1.82) is 0 Å². The highest BCUT2D eigenvalue weighted by atomic mass is 79.9. The first-order chi connectivity index (χ1) is 14.5. The fraction of sp³-hybridized carbons (Fsp3) is 0.0909. The predicted octanol–water partition coefficient (Wildman–Crippen LogP) is 5.83. The van der Waals surface area contributed by atoms with Gasteiger partial charge in [0.05, 0.1) is 29.0 Å². The zero-order valence-electron chi connectivity index (χ0n) is 15.9. The number of hydrazone groups is 1. The normalized spacial score (nSPS) is 10.8. The van der Waals surface area contributed by atoms with Gasteiger partial charge in [-0.3, -0.25) is 5.43 Å². The van der Waals surface area contributed by atoms with Gasteiger partial charge in [-0.2, -0.15) is 5.10 Å². The minimum Gasteiger partial charge on any atom is -0.493 e. The summed E-state index contributed by atoms with van der Waals surface area (Å²) < 4.78 is 12.1. The largest absolute Gasteiger partial charge is 0.493 e. The molecule has 0 atom stereocenters. The number of carbonyl (C=O) groups is 1. The van der Waals surface area contributed by atoms with E-state index in [0.29, 0.717) is 33.3 Å². The van der Waals surface area contributed by atoms with Crippen molar-refractivity contribution < 1.29 is 19.4 Å². The highest BCUT2D eigenvalue weighted by molar-refractivity contribution is 9.10. The summed E-state index contributed by atoms with van der Waals surface area (Å²) in [5.41, 5.74) is 5.39. The number of nitrogens with one attached hydrogen (secondary N) is 1. The second kappa shape index (κ2) is 10.1. The number of carboxylic acids is 1. The van der Waals surface area contributed by atoms with Crippen molar-refractivity contribution in [2.45, 2.75) is 6.61 Å². The van der Waals surface area contributed by atoms with Gasteiger partial charge in [0.25, 0.3) is 0 Å². The van der Waals surface area contributed by atoms with Gasteiger partial charge in [0, 0.05) is 10.6 Å². The number of hydrogen-bond donors (Lipinski definition) is 2. The molecule has 0 aliphatic heterocycles. The van der Waals surface area contributed by atoms with Crippen LogP contribution in [0, 0.1) is 0 Å². The first-order valence-electron chi connectivity index (χ1n) is 8.84. The summed E-state index contributed by atoms with van der Waals surface area (Å²) in [7, 11) is 1.56. The van der Waals surface area contributed by atoms with Crippen molar-refractivity contribution in [1.82, 2.24) is 0 Å². The SMILES string of the molecule is COc1cc(C=NNc2ccc(C(=O)O)cc2)cc(Br)c1OCc1ccccc1Cl. The quantitative estimate of drug-likeness (QED) is 0.307. The number of halogens is 2. The maximum atomic E-state index is 10.9. The zero-order valence-corrected chi connectivity index (χ0v) is 18.3. The lowest BCUT2D eigenvalue weighted by atomic mass is 10.2. The van der Waals surface area contributed by atoms with E-state index in [1.807, 2.05) is 30.3 Å². The van der Waals surface area contributed by atoms with Gasteiger partial charge in [0.2, 0.25) is 0 Å². The molecule has 0 unspecified atom stereocenters. The van der Waals surface area contributed by atoms with Crippen LogP contribution in [0.25, 0.3) is 0 Å². The number of methoxy groups -OCH3 is 1. The molecule has 0 heterocycles. The first kappa shape index (κ1) is 21.7. The van der Waals surface area contributed by atoms with Crippen LogP contribution in [0.4, 0.5) is 5.69 Å².